The second kappa shape index (κ2) is 3.99. The number of imidazole rings is 1. The van der Waals surface area contributed by atoms with E-state index >= 15 is 0 Å². The van der Waals surface area contributed by atoms with Crippen molar-refractivity contribution >= 4 is 17.7 Å². The lowest BCUT2D eigenvalue weighted by Gasteiger charge is -2.30. The molecule has 1 fully saturated rings. The molecule has 0 aromatic carbocycles. The van der Waals surface area contributed by atoms with Gasteiger partial charge in [-0.1, -0.05) is 0 Å². The zero-order valence-corrected chi connectivity index (χ0v) is 10.2. The molecule has 1 atom stereocenters. The number of nitrogens with zero attached hydrogens (tertiary/aromatic N) is 2. The van der Waals surface area contributed by atoms with Gasteiger partial charge in [0.25, 0.3) is 0 Å². The van der Waals surface area contributed by atoms with Crippen LogP contribution in [0.1, 0.15) is 35.4 Å². The molecule has 1 spiro atoms. The number of aliphatic hydroxyl groups excluding tert-OH is 1. The summed E-state index contributed by atoms with van der Waals surface area (Å²) in [5.74, 6) is -0.948. The third kappa shape index (κ3) is 1.54. The van der Waals surface area contributed by atoms with E-state index in [0.29, 0.717) is 24.2 Å². The summed E-state index contributed by atoms with van der Waals surface area (Å²) >= 11 is 0. The van der Waals surface area contributed by atoms with Gasteiger partial charge in [0.1, 0.15) is 11.7 Å². The van der Waals surface area contributed by atoms with E-state index in [1.54, 1.807) is 0 Å². The maximum absolute atomic E-state index is 12.2. The van der Waals surface area contributed by atoms with Crippen molar-refractivity contribution in [3.05, 3.63) is 17.7 Å². The summed E-state index contributed by atoms with van der Waals surface area (Å²) in [7, 11) is 0. The number of carbonyl (C=O) groups excluding carboxylic acids is 3. The highest BCUT2D eigenvalue weighted by atomic mass is 16.3. The van der Waals surface area contributed by atoms with Gasteiger partial charge in [-0.2, -0.15) is 0 Å². The van der Waals surface area contributed by atoms with Gasteiger partial charge in [0.2, 0.25) is 17.7 Å². The van der Waals surface area contributed by atoms with E-state index in [9.17, 15) is 14.4 Å². The number of aromatic nitrogens is 2. The molecule has 7 heteroatoms. The molecule has 3 rings (SSSR count). The summed E-state index contributed by atoms with van der Waals surface area (Å²) in [6, 6.07) is 0. The minimum Gasteiger partial charge on any atom is -0.396 e. The summed E-state index contributed by atoms with van der Waals surface area (Å²) in [6.45, 7) is -0.102. The summed E-state index contributed by atoms with van der Waals surface area (Å²) < 4.78 is 1.38. The SMILES string of the molecule is O=C1CCC2(CC(=O)n3cnc(CCO)c32)C(=O)N1. The maximum atomic E-state index is 12.2. The molecule has 0 bridgehead atoms. The average molecular weight is 263 g/mol. The number of piperidine rings is 1. The zero-order valence-electron chi connectivity index (χ0n) is 10.2. The predicted octanol–water partition coefficient (Wildman–Crippen LogP) is -0.864. The largest absolute Gasteiger partial charge is 0.396 e. The molecule has 1 aromatic heterocycles. The molecule has 2 aliphatic heterocycles. The lowest BCUT2D eigenvalue weighted by molar-refractivity contribution is -0.137. The van der Waals surface area contributed by atoms with Gasteiger partial charge in [-0.15, -0.1) is 0 Å². The number of carbonyl (C=O) groups is 3. The first-order valence-electron chi connectivity index (χ1n) is 6.13. The monoisotopic (exact) mass is 263 g/mol. The van der Waals surface area contributed by atoms with Gasteiger partial charge in [0, 0.05) is 25.9 Å². The van der Waals surface area contributed by atoms with E-state index in [1.807, 2.05) is 0 Å². The maximum Gasteiger partial charge on any atom is 0.239 e. The molecular formula is C12H13N3O4. The molecule has 0 aliphatic carbocycles. The highest BCUT2D eigenvalue weighted by Crippen LogP contribution is 2.42. The molecule has 0 saturated carbocycles. The van der Waals surface area contributed by atoms with Gasteiger partial charge in [-0.3, -0.25) is 24.3 Å². The fraction of sp³-hybridized carbons (Fsp3) is 0.500. The van der Waals surface area contributed by atoms with Crippen LogP contribution in [-0.2, 0) is 21.4 Å². The molecule has 1 aromatic rings. The van der Waals surface area contributed by atoms with Crippen molar-refractivity contribution in [1.82, 2.24) is 14.9 Å². The first kappa shape index (κ1) is 12.0. The summed E-state index contributed by atoms with van der Waals surface area (Å²) in [5, 5.41) is 11.3. The van der Waals surface area contributed by atoms with Crippen LogP contribution in [0.3, 0.4) is 0 Å². The Kier molecular flexibility index (Phi) is 2.53. The predicted molar refractivity (Wildman–Crippen MR) is 62.3 cm³/mol. The Morgan fingerprint density at radius 3 is 2.89 bits per heavy atom. The van der Waals surface area contributed by atoms with E-state index < -0.39 is 11.3 Å². The van der Waals surface area contributed by atoms with Crippen LogP contribution in [0, 0.1) is 0 Å². The third-order valence-electron chi connectivity index (χ3n) is 3.83. The highest BCUT2D eigenvalue weighted by molar-refractivity contribution is 6.07. The van der Waals surface area contributed by atoms with Crippen molar-refractivity contribution in [2.24, 2.45) is 0 Å². The molecule has 3 heterocycles. The van der Waals surface area contributed by atoms with Gasteiger partial charge in [-0.05, 0) is 6.42 Å². The van der Waals surface area contributed by atoms with Gasteiger partial charge in [0.15, 0.2) is 0 Å². The summed E-state index contributed by atoms with van der Waals surface area (Å²) in [5.41, 5.74) is 0.0980. The molecule has 2 amide bonds. The number of hydrogen-bond acceptors (Lipinski definition) is 5. The van der Waals surface area contributed by atoms with Crippen molar-refractivity contribution in [3.8, 4) is 0 Å². The van der Waals surface area contributed by atoms with Crippen LogP contribution in [0.2, 0.25) is 0 Å². The van der Waals surface area contributed by atoms with Crippen molar-refractivity contribution in [2.75, 3.05) is 6.61 Å². The minimum absolute atomic E-state index is 0.0579. The molecule has 0 radical (unpaired) electrons. The second-order valence-corrected chi connectivity index (χ2v) is 4.91. The molecule has 1 unspecified atom stereocenters. The normalized spacial score (nSPS) is 25.8. The Morgan fingerprint density at radius 1 is 1.42 bits per heavy atom. The average Bonchev–Trinajstić information content (AvgIpc) is 2.88. The van der Waals surface area contributed by atoms with E-state index in [-0.39, 0.29) is 31.3 Å². The van der Waals surface area contributed by atoms with Gasteiger partial charge < -0.3 is 5.11 Å². The van der Waals surface area contributed by atoms with Crippen molar-refractivity contribution in [2.45, 2.75) is 31.1 Å². The third-order valence-corrected chi connectivity index (χ3v) is 3.83. The van der Waals surface area contributed by atoms with Gasteiger partial charge >= 0.3 is 0 Å². The van der Waals surface area contributed by atoms with Crippen LogP contribution >= 0.6 is 0 Å². The fourth-order valence-corrected chi connectivity index (χ4v) is 2.94. The Balaban J connectivity index is 2.11. The Morgan fingerprint density at radius 2 is 2.21 bits per heavy atom. The number of amides is 2. The number of rotatable bonds is 2. The first-order valence-corrected chi connectivity index (χ1v) is 6.13. The topological polar surface area (TPSA) is 101 Å². The smallest absolute Gasteiger partial charge is 0.239 e. The Hall–Kier alpha value is -2.02. The lowest BCUT2D eigenvalue weighted by atomic mass is 9.75. The molecule has 100 valence electrons. The van der Waals surface area contributed by atoms with Crippen LogP contribution in [0.5, 0.6) is 0 Å². The number of imide groups is 1. The molecule has 2 N–H and O–H groups in total. The molecular weight excluding hydrogens is 250 g/mol. The standard InChI is InChI=1S/C12H13N3O4/c16-4-2-7-10-12(3-1-8(17)14-11(12)19)5-9(18)15(10)6-13-7/h6,16H,1-5H2,(H,14,17,19). The van der Waals surface area contributed by atoms with Crippen LogP contribution < -0.4 is 5.32 Å². The highest BCUT2D eigenvalue weighted by Gasteiger charge is 2.53. The fourth-order valence-electron chi connectivity index (χ4n) is 2.94. The Labute approximate surface area is 108 Å². The van der Waals surface area contributed by atoms with Crippen LogP contribution in [0.15, 0.2) is 6.33 Å². The number of nitrogens with one attached hydrogen (secondary N) is 1. The number of aliphatic hydroxyl groups is 1. The van der Waals surface area contributed by atoms with E-state index in [1.165, 1.54) is 10.9 Å². The van der Waals surface area contributed by atoms with Crippen LogP contribution in [-0.4, -0.2) is 39.0 Å². The summed E-state index contributed by atoms with van der Waals surface area (Å²) in [4.78, 5) is 39.6. The molecule has 2 aliphatic rings. The van der Waals surface area contributed by atoms with Gasteiger partial charge in [-0.25, -0.2) is 4.98 Å². The second-order valence-electron chi connectivity index (χ2n) is 4.91. The van der Waals surface area contributed by atoms with E-state index in [4.69, 9.17) is 5.11 Å². The molecule has 1 saturated heterocycles. The van der Waals surface area contributed by atoms with Crippen LogP contribution in [0.4, 0.5) is 0 Å². The van der Waals surface area contributed by atoms with Crippen molar-refractivity contribution < 1.29 is 19.5 Å². The summed E-state index contributed by atoms with van der Waals surface area (Å²) in [6.07, 6.45) is 2.26. The van der Waals surface area contributed by atoms with E-state index in [2.05, 4.69) is 10.3 Å². The zero-order chi connectivity index (χ0) is 13.6. The number of fused-ring (bicyclic) bond motifs is 2. The Bertz CT molecular complexity index is 592. The molecule has 19 heavy (non-hydrogen) atoms. The quantitative estimate of drug-likeness (QED) is 0.676. The minimum atomic E-state index is -0.994. The van der Waals surface area contributed by atoms with E-state index in [0.717, 1.165) is 0 Å². The van der Waals surface area contributed by atoms with Gasteiger partial charge in [0.05, 0.1) is 11.4 Å². The van der Waals surface area contributed by atoms with Crippen molar-refractivity contribution in [1.29, 1.82) is 0 Å². The number of hydrogen-bond donors (Lipinski definition) is 2. The molecule has 7 nitrogen and oxygen atoms in total. The van der Waals surface area contributed by atoms with Crippen LogP contribution in [0.25, 0.3) is 0 Å². The lowest BCUT2D eigenvalue weighted by Crippen LogP contribution is -2.51. The van der Waals surface area contributed by atoms with Crippen molar-refractivity contribution in [3.63, 3.8) is 0 Å². The first-order chi connectivity index (χ1) is 9.08.